The number of hydrogen-bond acceptors (Lipinski definition) is 4. The highest BCUT2D eigenvalue weighted by atomic mass is 16.5. The van der Waals surface area contributed by atoms with Gasteiger partial charge < -0.3 is 20.3 Å². The van der Waals surface area contributed by atoms with Crippen LogP contribution < -0.4 is 10.6 Å². The van der Waals surface area contributed by atoms with Gasteiger partial charge in [0.15, 0.2) is 0 Å². The molecule has 3 atom stereocenters. The second kappa shape index (κ2) is 12.0. The molecule has 2 aromatic carbocycles. The van der Waals surface area contributed by atoms with Gasteiger partial charge in [-0.2, -0.15) is 0 Å². The van der Waals surface area contributed by atoms with Crippen molar-refractivity contribution in [3.63, 3.8) is 0 Å². The summed E-state index contributed by atoms with van der Waals surface area (Å²) in [6.07, 6.45) is 5.62. The van der Waals surface area contributed by atoms with Crippen molar-refractivity contribution < 1.29 is 19.1 Å². The average molecular weight is 478 g/mol. The fourth-order valence-corrected chi connectivity index (χ4v) is 5.30. The predicted molar refractivity (Wildman–Crippen MR) is 135 cm³/mol. The number of carbonyl (C=O) groups excluding carboxylic acids is 3. The summed E-state index contributed by atoms with van der Waals surface area (Å²) in [6, 6.07) is 15.7. The number of nitrogens with one attached hydrogen (secondary N) is 2. The molecule has 3 amide bonds. The zero-order valence-corrected chi connectivity index (χ0v) is 20.4. The van der Waals surface area contributed by atoms with Gasteiger partial charge in [-0.1, -0.05) is 37.1 Å². The van der Waals surface area contributed by atoms with Gasteiger partial charge in [0.2, 0.25) is 5.91 Å². The molecule has 2 aliphatic rings. The van der Waals surface area contributed by atoms with E-state index in [0.717, 1.165) is 32.1 Å². The molecule has 1 saturated carbocycles. The minimum atomic E-state index is -0.521. The number of rotatable bonds is 9. The smallest absolute Gasteiger partial charge is 0.254 e. The molecule has 0 spiro atoms. The zero-order valence-electron chi connectivity index (χ0n) is 20.4. The second-order valence-electron chi connectivity index (χ2n) is 9.32. The first-order valence-corrected chi connectivity index (χ1v) is 12.7. The number of benzene rings is 2. The molecule has 0 bridgehead atoms. The summed E-state index contributed by atoms with van der Waals surface area (Å²) in [5.41, 5.74) is 1.65. The van der Waals surface area contributed by atoms with Crippen molar-refractivity contribution in [2.75, 3.05) is 25.1 Å². The van der Waals surface area contributed by atoms with Crippen LogP contribution in [0.4, 0.5) is 5.69 Å². The number of carbonyl (C=O) groups is 3. The van der Waals surface area contributed by atoms with Gasteiger partial charge in [0.1, 0.15) is 6.04 Å². The third kappa shape index (κ3) is 6.09. The highest BCUT2D eigenvalue weighted by Crippen LogP contribution is 2.40. The van der Waals surface area contributed by atoms with Crippen molar-refractivity contribution >= 4 is 23.4 Å². The van der Waals surface area contributed by atoms with Gasteiger partial charge >= 0.3 is 0 Å². The number of hydrogen-bond donors (Lipinski definition) is 2. The van der Waals surface area contributed by atoms with Crippen molar-refractivity contribution in [1.82, 2.24) is 10.2 Å². The molecule has 1 heterocycles. The van der Waals surface area contributed by atoms with Gasteiger partial charge in [-0.25, -0.2) is 0 Å². The molecule has 7 heteroatoms. The molecule has 35 heavy (non-hydrogen) atoms. The summed E-state index contributed by atoms with van der Waals surface area (Å²) >= 11 is 0. The molecule has 2 fully saturated rings. The first-order valence-electron chi connectivity index (χ1n) is 12.7. The number of anilines is 1. The standard InChI is InChI=1S/C28H35N3O4/c1-2-35-17-9-16-29-26(32)22-13-8-14-23(18-22)30-27(33)25-19-21-12-6-7-15-24(21)31(25)28(34)20-10-4-3-5-11-20/h3-5,8,10-11,13-14,18,21,24-25H,2,6-7,9,12,15-17,19H2,1H3,(H,29,32)(H,30,33). The van der Waals surface area contributed by atoms with Crippen LogP contribution in [0.25, 0.3) is 0 Å². The average Bonchev–Trinajstić information content (AvgIpc) is 3.28. The largest absolute Gasteiger partial charge is 0.382 e. The summed E-state index contributed by atoms with van der Waals surface area (Å²) in [6.45, 7) is 3.73. The molecule has 4 rings (SSSR count). The van der Waals surface area contributed by atoms with Crippen molar-refractivity contribution in [1.29, 1.82) is 0 Å². The van der Waals surface area contributed by atoms with E-state index in [0.29, 0.717) is 48.9 Å². The fourth-order valence-electron chi connectivity index (χ4n) is 5.30. The van der Waals surface area contributed by atoms with E-state index in [9.17, 15) is 14.4 Å². The van der Waals surface area contributed by atoms with Gasteiger partial charge in [0, 0.05) is 42.6 Å². The number of ether oxygens (including phenoxy) is 1. The molecule has 2 aromatic rings. The number of fused-ring (bicyclic) bond motifs is 1. The van der Waals surface area contributed by atoms with Gasteiger partial charge in [0.05, 0.1) is 0 Å². The lowest BCUT2D eigenvalue weighted by atomic mass is 9.84. The van der Waals surface area contributed by atoms with Crippen LogP contribution in [0, 0.1) is 5.92 Å². The topological polar surface area (TPSA) is 87.7 Å². The highest BCUT2D eigenvalue weighted by Gasteiger charge is 2.47. The quantitative estimate of drug-likeness (QED) is 0.529. The first-order chi connectivity index (χ1) is 17.1. The fraction of sp³-hybridized carbons (Fsp3) is 0.464. The van der Waals surface area contributed by atoms with Crippen LogP contribution in [-0.2, 0) is 9.53 Å². The van der Waals surface area contributed by atoms with Crippen LogP contribution in [0.1, 0.15) is 66.2 Å². The predicted octanol–water partition coefficient (Wildman–Crippen LogP) is 4.26. The Kier molecular flexibility index (Phi) is 8.53. The van der Waals surface area contributed by atoms with Crippen molar-refractivity contribution in [3.8, 4) is 0 Å². The maximum absolute atomic E-state index is 13.5. The number of likely N-dealkylation sites (tertiary alicyclic amines) is 1. The highest BCUT2D eigenvalue weighted by molar-refractivity contribution is 6.02. The van der Waals surface area contributed by atoms with Gasteiger partial charge in [-0.15, -0.1) is 0 Å². The van der Waals surface area contributed by atoms with E-state index < -0.39 is 6.04 Å². The molecule has 0 aromatic heterocycles. The summed E-state index contributed by atoms with van der Waals surface area (Å²) in [5, 5.41) is 5.86. The van der Waals surface area contributed by atoms with Crippen LogP contribution in [0.2, 0.25) is 0 Å². The Hall–Kier alpha value is -3.19. The summed E-state index contributed by atoms with van der Waals surface area (Å²) in [5.74, 6) is -0.121. The van der Waals surface area contributed by atoms with Gasteiger partial charge in [-0.3, -0.25) is 14.4 Å². The molecule has 1 aliphatic heterocycles. The normalized spacial score (nSPS) is 21.3. The van der Waals surface area contributed by atoms with E-state index in [1.807, 2.05) is 42.2 Å². The summed E-state index contributed by atoms with van der Waals surface area (Å²) in [4.78, 5) is 41.2. The number of amides is 3. The minimum Gasteiger partial charge on any atom is -0.382 e. The van der Waals surface area contributed by atoms with Crippen molar-refractivity contribution in [3.05, 3.63) is 65.7 Å². The Morgan fingerprint density at radius 2 is 1.77 bits per heavy atom. The van der Waals surface area contributed by atoms with E-state index in [1.165, 1.54) is 0 Å². The lowest BCUT2D eigenvalue weighted by Crippen LogP contribution is -2.47. The van der Waals surface area contributed by atoms with E-state index in [-0.39, 0.29) is 23.8 Å². The van der Waals surface area contributed by atoms with E-state index in [4.69, 9.17) is 4.74 Å². The maximum atomic E-state index is 13.5. The lowest BCUT2D eigenvalue weighted by Gasteiger charge is -2.33. The van der Waals surface area contributed by atoms with Crippen molar-refractivity contribution in [2.24, 2.45) is 5.92 Å². The van der Waals surface area contributed by atoms with E-state index >= 15 is 0 Å². The molecule has 186 valence electrons. The van der Waals surface area contributed by atoms with Crippen LogP contribution >= 0.6 is 0 Å². The third-order valence-electron chi connectivity index (χ3n) is 6.99. The SMILES string of the molecule is CCOCCCNC(=O)c1cccc(NC(=O)C2CC3CCCCC3N2C(=O)c2ccccc2)c1. The maximum Gasteiger partial charge on any atom is 0.254 e. The monoisotopic (exact) mass is 477 g/mol. The van der Waals surface area contributed by atoms with Crippen LogP contribution in [-0.4, -0.2) is 54.5 Å². The van der Waals surface area contributed by atoms with Crippen LogP contribution in [0.15, 0.2) is 54.6 Å². The Morgan fingerprint density at radius 1 is 1.00 bits per heavy atom. The molecular formula is C28H35N3O4. The van der Waals surface area contributed by atoms with E-state index in [2.05, 4.69) is 10.6 Å². The molecule has 0 radical (unpaired) electrons. The second-order valence-corrected chi connectivity index (χ2v) is 9.32. The molecular weight excluding hydrogens is 442 g/mol. The third-order valence-corrected chi connectivity index (χ3v) is 6.99. The summed E-state index contributed by atoms with van der Waals surface area (Å²) < 4.78 is 5.29. The van der Waals surface area contributed by atoms with Crippen LogP contribution in [0.5, 0.6) is 0 Å². The molecule has 3 unspecified atom stereocenters. The zero-order chi connectivity index (χ0) is 24.6. The Labute approximate surface area is 207 Å². The summed E-state index contributed by atoms with van der Waals surface area (Å²) in [7, 11) is 0. The Balaban J connectivity index is 1.44. The van der Waals surface area contributed by atoms with Crippen molar-refractivity contribution in [2.45, 2.75) is 57.5 Å². The Morgan fingerprint density at radius 3 is 2.57 bits per heavy atom. The Bertz CT molecular complexity index is 1030. The minimum absolute atomic E-state index is 0.0830. The molecule has 1 saturated heterocycles. The lowest BCUT2D eigenvalue weighted by molar-refractivity contribution is -0.120. The molecule has 1 aliphatic carbocycles. The molecule has 7 nitrogen and oxygen atoms in total. The number of nitrogens with zero attached hydrogens (tertiary/aromatic N) is 1. The van der Waals surface area contributed by atoms with E-state index in [1.54, 1.807) is 24.3 Å². The molecule has 2 N–H and O–H groups in total. The van der Waals surface area contributed by atoms with Gasteiger partial charge in [-0.05, 0) is 68.9 Å². The first kappa shape index (κ1) is 24.9. The van der Waals surface area contributed by atoms with Gasteiger partial charge in [0.25, 0.3) is 11.8 Å². The van der Waals surface area contributed by atoms with Crippen LogP contribution in [0.3, 0.4) is 0 Å².